The number of benzene rings is 1. The van der Waals surface area contributed by atoms with Gasteiger partial charge in [0.2, 0.25) is 0 Å². The highest BCUT2D eigenvalue weighted by Crippen LogP contribution is 2.19. The minimum atomic E-state index is -0.331. The molecule has 0 radical (unpaired) electrons. The van der Waals surface area contributed by atoms with E-state index in [-0.39, 0.29) is 6.67 Å². The van der Waals surface area contributed by atoms with Crippen molar-refractivity contribution in [3.63, 3.8) is 0 Å². The van der Waals surface area contributed by atoms with Crippen molar-refractivity contribution >= 4 is 5.65 Å². The van der Waals surface area contributed by atoms with Gasteiger partial charge in [-0.1, -0.05) is 30.3 Å². The Morgan fingerprint density at radius 2 is 1.94 bits per heavy atom. The standard InChI is InChI=1S/C15H13FN2/c16-8-6-12-7-9-18-11-14(17-15(18)10-12)13-4-2-1-3-5-13/h1-5,7,9-11H,6,8H2. The van der Waals surface area contributed by atoms with Gasteiger partial charge in [-0.05, 0) is 17.7 Å². The average molecular weight is 240 g/mol. The monoisotopic (exact) mass is 240 g/mol. The molecule has 0 aliphatic heterocycles. The molecule has 2 aromatic heterocycles. The van der Waals surface area contributed by atoms with Crippen LogP contribution in [0.3, 0.4) is 0 Å². The van der Waals surface area contributed by atoms with Crippen LogP contribution in [0, 0.1) is 0 Å². The highest BCUT2D eigenvalue weighted by molar-refractivity contribution is 5.62. The first kappa shape index (κ1) is 11.0. The smallest absolute Gasteiger partial charge is 0.137 e. The summed E-state index contributed by atoms with van der Waals surface area (Å²) in [4.78, 5) is 4.57. The molecule has 90 valence electrons. The topological polar surface area (TPSA) is 17.3 Å². The third kappa shape index (κ3) is 1.99. The largest absolute Gasteiger partial charge is 0.306 e. The molecule has 0 N–H and O–H groups in total. The molecule has 0 atom stereocenters. The second-order valence-corrected chi connectivity index (χ2v) is 4.23. The molecular formula is C15H13FN2. The number of aromatic nitrogens is 2. The van der Waals surface area contributed by atoms with E-state index in [0.717, 1.165) is 22.5 Å². The van der Waals surface area contributed by atoms with Crippen LogP contribution in [0.2, 0.25) is 0 Å². The molecule has 2 heterocycles. The van der Waals surface area contributed by atoms with Gasteiger partial charge >= 0.3 is 0 Å². The van der Waals surface area contributed by atoms with E-state index in [1.165, 1.54) is 0 Å². The number of alkyl halides is 1. The molecule has 1 aromatic carbocycles. The van der Waals surface area contributed by atoms with E-state index in [0.29, 0.717) is 6.42 Å². The van der Waals surface area contributed by atoms with Crippen LogP contribution in [0.4, 0.5) is 4.39 Å². The number of aryl methyl sites for hydroxylation is 1. The molecule has 3 heteroatoms. The lowest BCUT2D eigenvalue weighted by Gasteiger charge is -1.97. The zero-order valence-corrected chi connectivity index (χ0v) is 9.88. The quantitative estimate of drug-likeness (QED) is 0.684. The number of hydrogen-bond donors (Lipinski definition) is 0. The van der Waals surface area contributed by atoms with E-state index < -0.39 is 0 Å². The van der Waals surface area contributed by atoms with Crippen molar-refractivity contribution in [3.8, 4) is 11.3 Å². The lowest BCUT2D eigenvalue weighted by atomic mass is 10.2. The lowest BCUT2D eigenvalue weighted by molar-refractivity contribution is 0.495. The Bertz CT molecular complexity index is 659. The van der Waals surface area contributed by atoms with E-state index in [1.54, 1.807) is 0 Å². The van der Waals surface area contributed by atoms with Crippen LogP contribution in [-0.2, 0) is 6.42 Å². The molecule has 0 bridgehead atoms. The van der Waals surface area contributed by atoms with Crippen molar-refractivity contribution in [2.75, 3.05) is 6.67 Å². The second-order valence-electron chi connectivity index (χ2n) is 4.23. The third-order valence-corrected chi connectivity index (χ3v) is 2.98. The fourth-order valence-electron chi connectivity index (χ4n) is 2.04. The Morgan fingerprint density at radius 1 is 1.11 bits per heavy atom. The number of halogens is 1. The van der Waals surface area contributed by atoms with Gasteiger partial charge in [0.15, 0.2) is 0 Å². The first-order valence-corrected chi connectivity index (χ1v) is 5.96. The highest BCUT2D eigenvalue weighted by Gasteiger charge is 2.04. The summed E-state index contributed by atoms with van der Waals surface area (Å²) in [7, 11) is 0. The van der Waals surface area contributed by atoms with Crippen LogP contribution in [0.25, 0.3) is 16.9 Å². The summed E-state index contributed by atoms with van der Waals surface area (Å²) in [6.07, 6.45) is 4.37. The van der Waals surface area contributed by atoms with Crippen LogP contribution < -0.4 is 0 Å². The van der Waals surface area contributed by atoms with Gasteiger partial charge in [0, 0.05) is 24.4 Å². The van der Waals surface area contributed by atoms with Crippen LogP contribution >= 0.6 is 0 Å². The lowest BCUT2D eigenvalue weighted by Crippen LogP contribution is -1.89. The predicted octanol–water partition coefficient (Wildman–Crippen LogP) is 3.51. The molecule has 18 heavy (non-hydrogen) atoms. The molecule has 0 saturated heterocycles. The molecule has 0 unspecified atom stereocenters. The van der Waals surface area contributed by atoms with Crippen molar-refractivity contribution in [1.29, 1.82) is 0 Å². The molecule has 0 amide bonds. The Morgan fingerprint density at radius 3 is 2.72 bits per heavy atom. The Hall–Kier alpha value is -2.16. The summed E-state index contributed by atoms with van der Waals surface area (Å²) in [5.74, 6) is 0. The normalized spacial score (nSPS) is 10.9. The van der Waals surface area contributed by atoms with Gasteiger partial charge in [-0.3, -0.25) is 4.39 Å². The molecule has 0 aliphatic carbocycles. The van der Waals surface area contributed by atoms with E-state index in [1.807, 2.05) is 59.3 Å². The van der Waals surface area contributed by atoms with Gasteiger partial charge in [0.1, 0.15) is 5.65 Å². The zero-order valence-electron chi connectivity index (χ0n) is 9.88. The maximum atomic E-state index is 12.3. The first-order valence-electron chi connectivity index (χ1n) is 5.96. The fraction of sp³-hybridized carbons (Fsp3) is 0.133. The van der Waals surface area contributed by atoms with Crippen molar-refractivity contribution in [2.45, 2.75) is 6.42 Å². The number of imidazole rings is 1. The molecule has 3 aromatic rings. The zero-order chi connectivity index (χ0) is 12.4. The van der Waals surface area contributed by atoms with Crippen LogP contribution in [0.15, 0.2) is 54.9 Å². The number of nitrogens with zero attached hydrogens (tertiary/aromatic N) is 2. The van der Waals surface area contributed by atoms with Crippen LogP contribution in [0.5, 0.6) is 0 Å². The number of hydrogen-bond acceptors (Lipinski definition) is 1. The molecule has 0 saturated carbocycles. The SMILES string of the molecule is FCCc1ccn2cc(-c3ccccc3)nc2c1. The molecule has 0 fully saturated rings. The Balaban J connectivity index is 2.06. The van der Waals surface area contributed by atoms with Crippen molar-refractivity contribution in [1.82, 2.24) is 9.38 Å². The average Bonchev–Trinajstić information content (AvgIpc) is 2.83. The first-order chi connectivity index (χ1) is 8.86. The van der Waals surface area contributed by atoms with Crippen molar-refractivity contribution in [3.05, 3.63) is 60.4 Å². The van der Waals surface area contributed by atoms with Gasteiger partial charge in [-0.25, -0.2) is 4.98 Å². The minimum Gasteiger partial charge on any atom is -0.306 e. The van der Waals surface area contributed by atoms with Gasteiger partial charge in [0.05, 0.1) is 12.4 Å². The Labute approximate surface area is 105 Å². The highest BCUT2D eigenvalue weighted by atomic mass is 19.1. The van der Waals surface area contributed by atoms with E-state index >= 15 is 0 Å². The number of rotatable bonds is 3. The van der Waals surface area contributed by atoms with Gasteiger partial charge < -0.3 is 4.40 Å². The van der Waals surface area contributed by atoms with E-state index in [2.05, 4.69) is 4.98 Å². The second kappa shape index (κ2) is 4.61. The fourth-order valence-corrected chi connectivity index (χ4v) is 2.04. The van der Waals surface area contributed by atoms with Crippen LogP contribution in [-0.4, -0.2) is 16.1 Å². The molecular weight excluding hydrogens is 227 g/mol. The summed E-state index contributed by atoms with van der Waals surface area (Å²) in [6.45, 7) is -0.331. The van der Waals surface area contributed by atoms with Gasteiger partial charge in [-0.2, -0.15) is 0 Å². The maximum absolute atomic E-state index is 12.3. The minimum absolute atomic E-state index is 0.331. The van der Waals surface area contributed by atoms with E-state index in [4.69, 9.17) is 0 Å². The summed E-state index contributed by atoms with van der Waals surface area (Å²) < 4.78 is 14.3. The molecule has 0 spiro atoms. The summed E-state index contributed by atoms with van der Waals surface area (Å²) in [6, 6.07) is 13.9. The predicted molar refractivity (Wildman–Crippen MR) is 70.3 cm³/mol. The molecule has 0 aliphatic rings. The number of fused-ring (bicyclic) bond motifs is 1. The van der Waals surface area contributed by atoms with Crippen molar-refractivity contribution < 1.29 is 4.39 Å². The molecule has 3 rings (SSSR count). The summed E-state index contributed by atoms with van der Waals surface area (Å²) in [5, 5.41) is 0. The van der Waals surface area contributed by atoms with Gasteiger partial charge in [0.25, 0.3) is 0 Å². The van der Waals surface area contributed by atoms with Crippen molar-refractivity contribution in [2.24, 2.45) is 0 Å². The third-order valence-electron chi connectivity index (χ3n) is 2.98. The van der Waals surface area contributed by atoms with Crippen LogP contribution in [0.1, 0.15) is 5.56 Å². The maximum Gasteiger partial charge on any atom is 0.137 e. The number of pyridine rings is 1. The van der Waals surface area contributed by atoms with Gasteiger partial charge in [-0.15, -0.1) is 0 Å². The summed E-state index contributed by atoms with van der Waals surface area (Å²) >= 11 is 0. The summed E-state index contributed by atoms with van der Waals surface area (Å²) in [5.41, 5.74) is 3.87. The Kier molecular flexibility index (Phi) is 2.81. The molecule has 2 nitrogen and oxygen atoms in total. The van der Waals surface area contributed by atoms with E-state index in [9.17, 15) is 4.39 Å².